The van der Waals surface area contributed by atoms with Crippen molar-refractivity contribution in [2.24, 2.45) is 11.3 Å². The SMILES string of the molecule is CC(c1ccccc1)N1CC(C(=O)NCCCC(C)(C)CO)CC1=O. The first kappa shape index (κ1) is 19.4. The third-order valence-corrected chi connectivity index (χ3v) is 5.04. The number of nitrogens with zero attached hydrogens (tertiary/aromatic N) is 1. The zero-order chi connectivity index (χ0) is 18.4. The molecule has 5 heteroatoms. The van der Waals surface area contributed by atoms with Gasteiger partial charge in [0.1, 0.15) is 0 Å². The van der Waals surface area contributed by atoms with Gasteiger partial charge < -0.3 is 15.3 Å². The smallest absolute Gasteiger partial charge is 0.225 e. The molecule has 0 radical (unpaired) electrons. The van der Waals surface area contributed by atoms with Crippen molar-refractivity contribution in [2.45, 2.75) is 46.1 Å². The summed E-state index contributed by atoms with van der Waals surface area (Å²) in [6.45, 7) is 7.22. The summed E-state index contributed by atoms with van der Waals surface area (Å²) < 4.78 is 0. The highest BCUT2D eigenvalue weighted by Gasteiger charge is 2.36. The molecule has 2 rings (SSSR count). The number of likely N-dealkylation sites (tertiary alicyclic amines) is 1. The highest BCUT2D eigenvalue weighted by atomic mass is 16.3. The molecule has 1 aromatic carbocycles. The number of aliphatic hydroxyl groups is 1. The molecule has 1 aromatic rings. The minimum atomic E-state index is -0.274. The van der Waals surface area contributed by atoms with Crippen molar-refractivity contribution in [1.29, 1.82) is 0 Å². The molecule has 138 valence electrons. The summed E-state index contributed by atoms with van der Waals surface area (Å²) in [5.41, 5.74) is 0.971. The largest absolute Gasteiger partial charge is 0.396 e. The third-order valence-electron chi connectivity index (χ3n) is 5.04. The lowest BCUT2D eigenvalue weighted by molar-refractivity contribution is -0.130. The quantitative estimate of drug-likeness (QED) is 0.711. The van der Waals surface area contributed by atoms with Crippen LogP contribution in [0.4, 0.5) is 0 Å². The maximum atomic E-state index is 12.4. The predicted octanol–water partition coefficient (Wildman–Crippen LogP) is 2.51. The second kappa shape index (κ2) is 8.48. The van der Waals surface area contributed by atoms with Crippen LogP contribution in [0.1, 0.15) is 51.6 Å². The molecule has 2 atom stereocenters. The Labute approximate surface area is 150 Å². The first-order chi connectivity index (χ1) is 11.8. The summed E-state index contributed by atoms with van der Waals surface area (Å²) in [5.74, 6) is -0.277. The van der Waals surface area contributed by atoms with E-state index < -0.39 is 0 Å². The van der Waals surface area contributed by atoms with Crippen LogP contribution in [0.3, 0.4) is 0 Å². The van der Waals surface area contributed by atoms with Crippen LogP contribution < -0.4 is 5.32 Å². The molecule has 25 heavy (non-hydrogen) atoms. The van der Waals surface area contributed by atoms with E-state index in [1.807, 2.05) is 51.1 Å². The van der Waals surface area contributed by atoms with E-state index in [2.05, 4.69) is 5.32 Å². The molecule has 0 aliphatic carbocycles. The van der Waals surface area contributed by atoms with E-state index in [1.54, 1.807) is 4.90 Å². The van der Waals surface area contributed by atoms with Gasteiger partial charge in [0.05, 0.1) is 12.0 Å². The minimum absolute atomic E-state index is 0.0168. The Kier molecular flexibility index (Phi) is 6.59. The van der Waals surface area contributed by atoms with E-state index in [0.29, 0.717) is 13.1 Å². The number of hydrogen-bond acceptors (Lipinski definition) is 3. The molecule has 2 N–H and O–H groups in total. The van der Waals surface area contributed by atoms with Crippen molar-refractivity contribution >= 4 is 11.8 Å². The molecule has 2 unspecified atom stereocenters. The highest BCUT2D eigenvalue weighted by Crippen LogP contribution is 2.28. The van der Waals surface area contributed by atoms with Crippen LogP contribution in [0.25, 0.3) is 0 Å². The number of aliphatic hydroxyl groups excluding tert-OH is 1. The van der Waals surface area contributed by atoms with E-state index in [4.69, 9.17) is 0 Å². The van der Waals surface area contributed by atoms with Gasteiger partial charge in [0.15, 0.2) is 0 Å². The van der Waals surface area contributed by atoms with Crippen molar-refractivity contribution in [3.05, 3.63) is 35.9 Å². The van der Waals surface area contributed by atoms with Gasteiger partial charge in [-0.2, -0.15) is 0 Å². The maximum absolute atomic E-state index is 12.4. The summed E-state index contributed by atoms with van der Waals surface area (Å²) in [7, 11) is 0. The van der Waals surface area contributed by atoms with E-state index >= 15 is 0 Å². The molecule has 0 saturated carbocycles. The van der Waals surface area contributed by atoms with Crippen molar-refractivity contribution < 1.29 is 14.7 Å². The Morgan fingerprint density at radius 3 is 2.68 bits per heavy atom. The Hall–Kier alpha value is -1.88. The molecule has 0 spiro atoms. The number of nitrogens with one attached hydrogen (secondary N) is 1. The number of carbonyl (C=O) groups excluding carboxylic acids is 2. The van der Waals surface area contributed by atoms with Gasteiger partial charge in [-0.3, -0.25) is 9.59 Å². The normalized spacial score (nSPS) is 19.1. The molecule has 1 aliphatic rings. The summed E-state index contributed by atoms with van der Waals surface area (Å²) in [4.78, 5) is 26.5. The Balaban J connectivity index is 1.82. The van der Waals surface area contributed by atoms with Crippen LogP contribution >= 0.6 is 0 Å². The van der Waals surface area contributed by atoms with Crippen LogP contribution in [0.5, 0.6) is 0 Å². The van der Waals surface area contributed by atoms with Gasteiger partial charge in [-0.1, -0.05) is 44.2 Å². The first-order valence-corrected chi connectivity index (χ1v) is 9.07. The summed E-state index contributed by atoms with van der Waals surface area (Å²) in [6.07, 6.45) is 1.96. The molecular weight excluding hydrogens is 316 g/mol. The topological polar surface area (TPSA) is 69.6 Å². The van der Waals surface area contributed by atoms with Crippen molar-refractivity contribution in [3.8, 4) is 0 Å². The fourth-order valence-corrected chi connectivity index (χ4v) is 3.19. The highest BCUT2D eigenvalue weighted by molar-refractivity contribution is 5.89. The van der Waals surface area contributed by atoms with Crippen LogP contribution in [0, 0.1) is 11.3 Å². The maximum Gasteiger partial charge on any atom is 0.225 e. The van der Waals surface area contributed by atoms with E-state index in [-0.39, 0.29) is 42.2 Å². The molecule has 5 nitrogen and oxygen atoms in total. The minimum Gasteiger partial charge on any atom is -0.396 e. The van der Waals surface area contributed by atoms with Gasteiger partial charge in [-0.25, -0.2) is 0 Å². The third kappa shape index (κ3) is 5.30. The van der Waals surface area contributed by atoms with Gasteiger partial charge in [0.2, 0.25) is 11.8 Å². The number of rotatable bonds is 8. The summed E-state index contributed by atoms with van der Waals surface area (Å²) in [5, 5.41) is 12.2. The second-order valence-electron chi connectivity index (χ2n) is 7.75. The summed E-state index contributed by atoms with van der Waals surface area (Å²) in [6, 6.07) is 9.88. The van der Waals surface area contributed by atoms with E-state index in [9.17, 15) is 14.7 Å². The molecule has 2 amide bonds. The van der Waals surface area contributed by atoms with Crippen molar-refractivity contribution in [2.75, 3.05) is 19.7 Å². The van der Waals surface area contributed by atoms with Crippen LogP contribution in [-0.2, 0) is 9.59 Å². The molecule has 1 heterocycles. The van der Waals surface area contributed by atoms with E-state index in [1.165, 1.54) is 0 Å². The van der Waals surface area contributed by atoms with Gasteiger partial charge in [0, 0.05) is 26.1 Å². The fraction of sp³-hybridized carbons (Fsp3) is 0.600. The number of amides is 2. The lowest BCUT2D eigenvalue weighted by Crippen LogP contribution is -2.34. The monoisotopic (exact) mass is 346 g/mol. The van der Waals surface area contributed by atoms with Crippen LogP contribution in [0.2, 0.25) is 0 Å². The Morgan fingerprint density at radius 1 is 1.36 bits per heavy atom. The molecule has 1 saturated heterocycles. The average Bonchev–Trinajstić information content (AvgIpc) is 3.00. The van der Waals surface area contributed by atoms with Crippen LogP contribution in [0.15, 0.2) is 30.3 Å². The van der Waals surface area contributed by atoms with Crippen LogP contribution in [-0.4, -0.2) is 41.5 Å². The van der Waals surface area contributed by atoms with Crippen molar-refractivity contribution in [1.82, 2.24) is 10.2 Å². The molecule has 1 fully saturated rings. The standard InChI is InChI=1S/C20H30N2O3/c1-15(16-8-5-4-6-9-16)22-13-17(12-18(22)24)19(25)21-11-7-10-20(2,3)14-23/h4-6,8-9,15,17,23H,7,10-14H2,1-3H3,(H,21,25). The zero-order valence-electron chi connectivity index (χ0n) is 15.5. The lowest BCUT2D eigenvalue weighted by Gasteiger charge is -2.25. The number of hydrogen-bond donors (Lipinski definition) is 2. The van der Waals surface area contributed by atoms with Gasteiger partial charge in [-0.05, 0) is 30.7 Å². The molecule has 0 bridgehead atoms. The first-order valence-electron chi connectivity index (χ1n) is 9.07. The summed E-state index contributed by atoms with van der Waals surface area (Å²) >= 11 is 0. The molecule has 1 aliphatic heterocycles. The average molecular weight is 346 g/mol. The zero-order valence-corrected chi connectivity index (χ0v) is 15.5. The predicted molar refractivity (Wildman–Crippen MR) is 97.8 cm³/mol. The van der Waals surface area contributed by atoms with Crippen molar-refractivity contribution in [3.63, 3.8) is 0 Å². The Morgan fingerprint density at radius 2 is 2.04 bits per heavy atom. The number of carbonyl (C=O) groups is 2. The second-order valence-corrected chi connectivity index (χ2v) is 7.75. The van der Waals surface area contributed by atoms with E-state index in [0.717, 1.165) is 18.4 Å². The van der Waals surface area contributed by atoms with Gasteiger partial charge in [-0.15, -0.1) is 0 Å². The molecular formula is C20H30N2O3. The number of benzene rings is 1. The lowest BCUT2D eigenvalue weighted by atomic mass is 9.89. The van der Waals surface area contributed by atoms with Gasteiger partial charge in [0.25, 0.3) is 0 Å². The molecule has 0 aromatic heterocycles. The fourth-order valence-electron chi connectivity index (χ4n) is 3.19. The Bertz CT molecular complexity index is 586. The van der Waals surface area contributed by atoms with Gasteiger partial charge >= 0.3 is 0 Å².